The van der Waals surface area contributed by atoms with Crippen molar-refractivity contribution in [1.82, 2.24) is 9.97 Å². The van der Waals surface area contributed by atoms with E-state index in [9.17, 15) is 4.79 Å². The van der Waals surface area contributed by atoms with Gasteiger partial charge >= 0.3 is 16.4 Å². The van der Waals surface area contributed by atoms with Crippen LogP contribution in [0.1, 0.15) is 42.0 Å². The summed E-state index contributed by atoms with van der Waals surface area (Å²) >= 11 is 5.87. The Hall–Kier alpha value is -1.49. The number of halogens is 1. The molecule has 1 aliphatic rings. The molecule has 1 aliphatic carbocycles. The second-order valence-electron chi connectivity index (χ2n) is 4.07. The number of carbonyl (C=O) groups is 1. The van der Waals surface area contributed by atoms with Crippen molar-refractivity contribution in [2.75, 3.05) is 12.3 Å². The molecule has 0 saturated heterocycles. The van der Waals surface area contributed by atoms with Crippen LogP contribution in [0.2, 0.25) is 5.02 Å². The van der Waals surface area contributed by atoms with Crippen LogP contribution in [0.25, 0.3) is 0 Å². The van der Waals surface area contributed by atoms with E-state index in [4.69, 9.17) is 39.6 Å². The van der Waals surface area contributed by atoms with E-state index in [2.05, 4.69) is 9.97 Å². The molecule has 0 bridgehead atoms. The van der Waals surface area contributed by atoms with Gasteiger partial charge in [0, 0.05) is 5.92 Å². The summed E-state index contributed by atoms with van der Waals surface area (Å²) in [6.45, 7) is 2.00. The summed E-state index contributed by atoms with van der Waals surface area (Å²) in [6.07, 6.45) is 2.06. The maximum absolute atomic E-state index is 11.6. The maximum atomic E-state index is 11.6. The lowest BCUT2D eigenvalue weighted by atomic mass is 10.3. The molecule has 0 aromatic carbocycles. The van der Waals surface area contributed by atoms with Crippen LogP contribution < -0.4 is 5.73 Å². The fourth-order valence-corrected chi connectivity index (χ4v) is 1.50. The van der Waals surface area contributed by atoms with Crippen molar-refractivity contribution >= 4 is 33.8 Å². The van der Waals surface area contributed by atoms with Gasteiger partial charge in [-0.05, 0) is 19.8 Å². The van der Waals surface area contributed by atoms with E-state index in [1.54, 1.807) is 6.92 Å². The second kappa shape index (κ2) is 6.98. The lowest BCUT2D eigenvalue weighted by molar-refractivity contribution is 0.0519. The molecule has 9 nitrogen and oxygen atoms in total. The zero-order valence-electron chi connectivity index (χ0n) is 11.0. The van der Waals surface area contributed by atoms with E-state index >= 15 is 0 Å². The van der Waals surface area contributed by atoms with E-state index in [0.717, 1.165) is 12.8 Å². The molecule has 1 saturated carbocycles. The summed E-state index contributed by atoms with van der Waals surface area (Å²) in [7, 11) is -4.67. The SMILES string of the molecule is CCOC(=O)c1nc(C2CC2)nc(N)c1Cl.O=S(=O)(O)O. The zero-order chi connectivity index (χ0) is 16.2. The van der Waals surface area contributed by atoms with Gasteiger partial charge in [-0.2, -0.15) is 8.42 Å². The molecule has 21 heavy (non-hydrogen) atoms. The summed E-state index contributed by atoms with van der Waals surface area (Å²) in [6, 6.07) is 0. The first-order valence-electron chi connectivity index (χ1n) is 5.83. The fourth-order valence-electron chi connectivity index (χ4n) is 1.34. The van der Waals surface area contributed by atoms with E-state index in [0.29, 0.717) is 11.7 Å². The highest BCUT2D eigenvalue weighted by Gasteiger charge is 2.29. The van der Waals surface area contributed by atoms with Crippen molar-refractivity contribution in [3.8, 4) is 0 Å². The van der Waals surface area contributed by atoms with Crippen LogP contribution in [-0.2, 0) is 15.1 Å². The van der Waals surface area contributed by atoms with Gasteiger partial charge in [0.2, 0.25) is 0 Å². The number of aromatic nitrogens is 2. The second-order valence-corrected chi connectivity index (χ2v) is 5.35. The number of rotatable bonds is 3. The van der Waals surface area contributed by atoms with Crippen LogP contribution in [0.3, 0.4) is 0 Å². The molecule has 118 valence electrons. The van der Waals surface area contributed by atoms with Crippen LogP contribution in [0.4, 0.5) is 5.82 Å². The van der Waals surface area contributed by atoms with Crippen LogP contribution in [0.15, 0.2) is 0 Å². The largest absolute Gasteiger partial charge is 0.461 e. The quantitative estimate of drug-likeness (QED) is 0.542. The van der Waals surface area contributed by atoms with Crippen LogP contribution in [-0.4, -0.2) is 40.1 Å². The average Bonchev–Trinajstić information content (AvgIpc) is 3.14. The molecule has 1 fully saturated rings. The van der Waals surface area contributed by atoms with E-state index in [1.165, 1.54) is 0 Å². The Bertz CT molecular complexity index is 624. The van der Waals surface area contributed by atoms with Crippen molar-refractivity contribution in [3.05, 3.63) is 16.5 Å². The third kappa shape index (κ3) is 6.21. The number of nitrogen functional groups attached to an aromatic ring is 1. The van der Waals surface area contributed by atoms with Gasteiger partial charge in [-0.15, -0.1) is 0 Å². The molecule has 0 amide bonds. The van der Waals surface area contributed by atoms with Gasteiger partial charge in [-0.25, -0.2) is 14.8 Å². The normalized spacial score (nSPS) is 14.1. The molecular weight excluding hydrogens is 326 g/mol. The van der Waals surface area contributed by atoms with Gasteiger partial charge in [0.1, 0.15) is 16.7 Å². The predicted molar refractivity (Wildman–Crippen MR) is 73.6 cm³/mol. The Kier molecular flexibility index (Phi) is 5.84. The Morgan fingerprint density at radius 3 is 2.38 bits per heavy atom. The molecule has 1 aromatic rings. The monoisotopic (exact) mass is 339 g/mol. The molecule has 1 aromatic heterocycles. The summed E-state index contributed by atoms with van der Waals surface area (Å²) in [5, 5.41) is 0.0721. The number of ether oxygens (including phenoxy) is 1. The van der Waals surface area contributed by atoms with Gasteiger partial charge in [0.05, 0.1) is 6.61 Å². The molecular formula is C10H14ClN3O6S. The van der Waals surface area contributed by atoms with Crippen molar-refractivity contribution in [1.29, 1.82) is 0 Å². The molecule has 0 radical (unpaired) electrons. The minimum Gasteiger partial charge on any atom is -0.461 e. The molecule has 11 heteroatoms. The summed E-state index contributed by atoms with van der Waals surface area (Å²) in [4.78, 5) is 19.7. The van der Waals surface area contributed by atoms with E-state index in [1.807, 2.05) is 0 Å². The first-order chi connectivity index (χ1) is 9.63. The maximum Gasteiger partial charge on any atom is 0.394 e. The summed E-state index contributed by atoms with van der Waals surface area (Å²) in [5.41, 5.74) is 5.70. The van der Waals surface area contributed by atoms with Crippen molar-refractivity contribution in [3.63, 3.8) is 0 Å². The lowest BCUT2D eigenvalue weighted by Crippen LogP contribution is -2.12. The van der Waals surface area contributed by atoms with Gasteiger partial charge in [-0.3, -0.25) is 9.11 Å². The van der Waals surface area contributed by atoms with Crippen molar-refractivity contribution in [2.24, 2.45) is 0 Å². The highest BCUT2D eigenvalue weighted by atomic mass is 35.5. The zero-order valence-corrected chi connectivity index (χ0v) is 12.6. The van der Waals surface area contributed by atoms with Crippen LogP contribution in [0, 0.1) is 0 Å². The number of esters is 1. The van der Waals surface area contributed by atoms with Crippen LogP contribution in [0.5, 0.6) is 0 Å². The summed E-state index contributed by atoms with van der Waals surface area (Å²) < 4.78 is 36.4. The van der Waals surface area contributed by atoms with E-state index in [-0.39, 0.29) is 23.1 Å². The molecule has 4 N–H and O–H groups in total. The van der Waals surface area contributed by atoms with Gasteiger partial charge in [-0.1, -0.05) is 11.6 Å². The standard InChI is InChI=1S/C10H12ClN3O2.H2O4S/c1-2-16-10(15)7-6(11)8(12)14-9(13-7)5-3-4-5;1-5(2,3)4/h5H,2-4H2,1H3,(H2,12,13,14);(H2,1,2,3,4). The molecule has 0 atom stereocenters. The molecule has 0 unspecified atom stereocenters. The van der Waals surface area contributed by atoms with Crippen molar-refractivity contribution < 1.29 is 27.1 Å². The highest BCUT2D eigenvalue weighted by molar-refractivity contribution is 7.79. The van der Waals surface area contributed by atoms with E-state index < -0.39 is 16.4 Å². The fraction of sp³-hybridized carbons (Fsp3) is 0.500. The number of hydrogen-bond donors (Lipinski definition) is 3. The smallest absolute Gasteiger partial charge is 0.394 e. The Labute approximate surface area is 126 Å². The molecule has 2 rings (SSSR count). The minimum atomic E-state index is -4.67. The molecule has 0 aliphatic heterocycles. The average molecular weight is 340 g/mol. The first-order valence-corrected chi connectivity index (χ1v) is 7.60. The summed E-state index contributed by atoms with van der Waals surface area (Å²) in [5.74, 6) is 0.489. The minimum absolute atomic E-state index is 0.0675. The Morgan fingerprint density at radius 1 is 1.43 bits per heavy atom. The van der Waals surface area contributed by atoms with Crippen LogP contribution >= 0.6 is 11.6 Å². The van der Waals surface area contributed by atoms with Gasteiger partial charge in [0.15, 0.2) is 5.69 Å². The highest BCUT2D eigenvalue weighted by Crippen LogP contribution is 2.39. The lowest BCUT2D eigenvalue weighted by Gasteiger charge is -2.07. The topological polar surface area (TPSA) is 153 Å². The third-order valence-electron chi connectivity index (χ3n) is 2.31. The van der Waals surface area contributed by atoms with Gasteiger partial charge in [0.25, 0.3) is 0 Å². The number of nitrogens with zero attached hydrogens (tertiary/aromatic N) is 2. The number of anilines is 1. The van der Waals surface area contributed by atoms with Gasteiger partial charge < -0.3 is 10.5 Å². The molecule has 0 spiro atoms. The molecule has 1 heterocycles. The number of carbonyl (C=O) groups excluding carboxylic acids is 1. The first kappa shape index (κ1) is 17.6. The Morgan fingerprint density at radius 2 is 1.95 bits per heavy atom. The number of nitrogens with two attached hydrogens (primary N) is 1. The Balaban J connectivity index is 0.000000383. The number of hydrogen-bond acceptors (Lipinski definition) is 7. The van der Waals surface area contributed by atoms with Crippen molar-refractivity contribution in [2.45, 2.75) is 25.7 Å². The predicted octanol–water partition coefficient (Wildman–Crippen LogP) is 1.11. The third-order valence-corrected chi connectivity index (χ3v) is 2.68.